The minimum Gasteiger partial charge on any atom is -0.444 e. The Morgan fingerprint density at radius 2 is 1.71 bits per heavy atom. The summed E-state index contributed by atoms with van der Waals surface area (Å²) >= 11 is 0. The van der Waals surface area contributed by atoms with Crippen molar-refractivity contribution in [3.8, 4) is 0 Å². The first-order valence-electron chi connectivity index (χ1n) is 8.07. The van der Waals surface area contributed by atoms with Gasteiger partial charge in [0.15, 0.2) is 0 Å². The van der Waals surface area contributed by atoms with Gasteiger partial charge in [0.2, 0.25) is 0 Å². The first-order chi connectivity index (χ1) is 9.71. The van der Waals surface area contributed by atoms with Gasteiger partial charge in [-0.3, -0.25) is 0 Å². The van der Waals surface area contributed by atoms with E-state index < -0.39 is 5.60 Å². The number of ether oxygens (including phenoxy) is 1. The number of carbonyl (C=O) groups is 1. The fourth-order valence-electron chi connectivity index (χ4n) is 2.57. The third kappa shape index (κ3) is 7.14. The number of hydrogen-bond acceptors (Lipinski definition) is 4. The van der Waals surface area contributed by atoms with Crippen molar-refractivity contribution in [3.63, 3.8) is 0 Å². The molecular formula is C16H32N2O3. The number of nitrogens with one attached hydrogen (secondary N) is 2. The molecule has 0 aliphatic heterocycles. The molecule has 0 aromatic carbocycles. The Bertz CT molecular complexity index is 320. The van der Waals surface area contributed by atoms with Gasteiger partial charge in [0.05, 0.1) is 0 Å². The zero-order chi connectivity index (χ0) is 16.0. The monoisotopic (exact) mass is 300 g/mol. The quantitative estimate of drug-likeness (QED) is 0.729. The summed E-state index contributed by atoms with van der Waals surface area (Å²) < 4.78 is 5.28. The molecule has 1 rings (SSSR count). The van der Waals surface area contributed by atoms with Crippen molar-refractivity contribution in [2.45, 2.75) is 84.0 Å². The Labute approximate surface area is 128 Å². The highest BCUT2D eigenvalue weighted by Gasteiger charge is 2.26. The maximum Gasteiger partial charge on any atom is 0.407 e. The normalized spacial score (nSPS) is 26.0. The van der Waals surface area contributed by atoms with Crippen molar-refractivity contribution < 1.29 is 14.6 Å². The van der Waals surface area contributed by atoms with Crippen molar-refractivity contribution in [1.82, 2.24) is 10.6 Å². The van der Waals surface area contributed by atoms with Crippen LogP contribution in [0.15, 0.2) is 0 Å². The lowest BCUT2D eigenvalue weighted by molar-refractivity contribution is 0.0488. The highest BCUT2D eigenvalue weighted by molar-refractivity contribution is 5.68. The van der Waals surface area contributed by atoms with Gasteiger partial charge in [0.1, 0.15) is 5.60 Å². The summed E-state index contributed by atoms with van der Waals surface area (Å²) in [7, 11) is 0. The Morgan fingerprint density at radius 3 is 2.19 bits per heavy atom. The molecule has 2 atom stereocenters. The van der Waals surface area contributed by atoms with Crippen molar-refractivity contribution in [2.24, 2.45) is 5.92 Å². The topological polar surface area (TPSA) is 70.6 Å². The summed E-state index contributed by atoms with van der Waals surface area (Å²) in [5.41, 5.74) is -0.446. The predicted molar refractivity (Wildman–Crippen MR) is 84.3 cm³/mol. The van der Waals surface area contributed by atoms with Gasteiger partial charge in [-0.25, -0.2) is 4.79 Å². The highest BCUT2D eigenvalue weighted by atomic mass is 16.6. The zero-order valence-corrected chi connectivity index (χ0v) is 14.1. The lowest BCUT2D eigenvalue weighted by atomic mass is 9.90. The molecule has 0 radical (unpaired) electrons. The van der Waals surface area contributed by atoms with Crippen LogP contribution < -0.4 is 10.6 Å². The van der Waals surface area contributed by atoms with E-state index in [0.29, 0.717) is 12.1 Å². The van der Waals surface area contributed by atoms with Crippen LogP contribution >= 0.6 is 0 Å². The van der Waals surface area contributed by atoms with E-state index >= 15 is 0 Å². The van der Waals surface area contributed by atoms with Crippen molar-refractivity contribution in [1.29, 1.82) is 0 Å². The number of aliphatic hydroxyl groups is 1. The summed E-state index contributed by atoms with van der Waals surface area (Å²) in [6, 6.07) is 1.00. The van der Waals surface area contributed by atoms with Gasteiger partial charge < -0.3 is 20.5 Å². The summed E-state index contributed by atoms with van der Waals surface area (Å²) in [5, 5.41) is 15.7. The molecule has 0 aromatic rings. The van der Waals surface area contributed by atoms with E-state index in [1.54, 1.807) is 0 Å². The van der Waals surface area contributed by atoms with E-state index in [-0.39, 0.29) is 24.7 Å². The average Bonchev–Trinajstić information content (AvgIpc) is 2.37. The van der Waals surface area contributed by atoms with Gasteiger partial charge in [-0.2, -0.15) is 0 Å². The molecule has 5 heteroatoms. The van der Waals surface area contributed by atoms with Gasteiger partial charge in [-0.1, -0.05) is 6.92 Å². The van der Waals surface area contributed by atoms with Crippen LogP contribution in [0.3, 0.4) is 0 Å². The van der Waals surface area contributed by atoms with E-state index in [4.69, 9.17) is 9.84 Å². The van der Waals surface area contributed by atoms with E-state index in [1.165, 1.54) is 0 Å². The minimum atomic E-state index is -0.446. The van der Waals surface area contributed by atoms with Crippen LogP contribution in [0.5, 0.6) is 0 Å². The summed E-state index contributed by atoms with van der Waals surface area (Å²) in [6.45, 7) is 9.99. The van der Waals surface area contributed by atoms with E-state index in [9.17, 15) is 4.79 Å². The number of rotatable bonds is 5. The molecule has 1 aliphatic carbocycles. The zero-order valence-electron chi connectivity index (χ0n) is 14.1. The average molecular weight is 300 g/mol. The van der Waals surface area contributed by atoms with Crippen LogP contribution in [0, 0.1) is 5.92 Å². The molecular weight excluding hydrogens is 268 g/mol. The molecule has 0 spiro atoms. The molecule has 124 valence electrons. The fraction of sp³-hybridized carbons (Fsp3) is 0.938. The fourth-order valence-corrected chi connectivity index (χ4v) is 2.57. The molecule has 0 saturated heterocycles. The lowest BCUT2D eigenvalue weighted by Crippen LogP contribution is -2.47. The van der Waals surface area contributed by atoms with Crippen molar-refractivity contribution in [3.05, 3.63) is 0 Å². The van der Waals surface area contributed by atoms with Gasteiger partial charge in [0.25, 0.3) is 0 Å². The molecule has 1 aliphatic rings. The first kappa shape index (κ1) is 18.2. The second-order valence-electron chi connectivity index (χ2n) is 7.31. The Hall–Kier alpha value is -0.810. The summed E-state index contributed by atoms with van der Waals surface area (Å²) in [5.74, 6) is 0.266. The molecule has 0 aromatic heterocycles. The predicted octanol–water partition coefficient (Wildman–Crippen LogP) is 2.43. The molecule has 1 amide bonds. The molecule has 3 N–H and O–H groups in total. The van der Waals surface area contributed by atoms with Gasteiger partial charge in [-0.15, -0.1) is 0 Å². The summed E-state index contributed by atoms with van der Waals surface area (Å²) in [4.78, 5) is 11.7. The first-order valence-corrected chi connectivity index (χ1v) is 8.07. The Morgan fingerprint density at radius 1 is 1.19 bits per heavy atom. The van der Waals surface area contributed by atoms with E-state index in [0.717, 1.165) is 25.7 Å². The minimum absolute atomic E-state index is 0.212. The van der Waals surface area contributed by atoms with E-state index in [1.807, 2.05) is 27.7 Å². The maximum atomic E-state index is 11.7. The molecule has 5 nitrogen and oxygen atoms in total. The van der Waals surface area contributed by atoms with E-state index in [2.05, 4.69) is 17.6 Å². The number of aliphatic hydroxyl groups excluding tert-OH is 1. The van der Waals surface area contributed by atoms with Gasteiger partial charge in [0, 0.05) is 24.7 Å². The molecule has 2 unspecified atom stereocenters. The SMILES string of the molecule is CC(CO)C(C)NC1CCC(NC(=O)OC(C)(C)C)CC1. The van der Waals surface area contributed by atoms with Crippen LogP contribution in [-0.4, -0.2) is 41.5 Å². The Balaban J connectivity index is 2.28. The molecule has 0 heterocycles. The standard InChI is InChI=1S/C16H32N2O3/c1-11(10-19)12(2)17-13-6-8-14(9-7-13)18-15(20)21-16(3,4)5/h11-14,17,19H,6-10H2,1-5H3,(H,18,20). The molecule has 1 fully saturated rings. The van der Waals surface area contributed by atoms with Crippen LogP contribution in [0.2, 0.25) is 0 Å². The van der Waals surface area contributed by atoms with Gasteiger partial charge in [-0.05, 0) is 59.3 Å². The van der Waals surface area contributed by atoms with Crippen LogP contribution in [0.4, 0.5) is 4.79 Å². The largest absolute Gasteiger partial charge is 0.444 e. The number of hydrogen-bond donors (Lipinski definition) is 3. The second kappa shape index (κ2) is 7.99. The third-order valence-electron chi connectivity index (χ3n) is 4.09. The number of alkyl carbamates (subject to hydrolysis) is 1. The van der Waals surface area contributed by atoms with Gasteiger partial charge >= 0.3 is 6.09 Å². The van der Waals surface area contributed by atoms with Crippen molar-refractivity contribution in [2.75, 3.05) is 6.61 Å². The lowest BCUT2D eigenvalue weighted by Gasteiger charge is -2.33. The van der Waals surface area contributed by atoms with Crippen molar-refractivity contribution >= 4 is 6.09 Å². The number of amides is 1. The summed E-state index contributed by atoms with van der Waals surface area (Å²) in [6.07, 6.45) is 3.71. The van der Waals surface area contributed by atoms with Crippen LogP contribution in [0.1, 0.15) is 60.3 Å². The van der Waals surface area contributed by atoms with Crippen LogP contribution in [0.25, 0.3) is 0 Å². The molecule has 1 saturated carbocycles. The smallest absolute Gasteiger partial charge is 0.407 e. The third-order valence-corrected chi connectivity index (χ3v) is 4.09. The molecule has 21 heavy (non-hydrogen) atoms. The second-order valence-corrected chi connectivity index (χ2v) is 7.31. The number of carbonyl (C=O) groups excluding carboxylic acids is 1. The van der Waals surface area contributed by atoms with Crippen LogP contribution in [-0.2, 0) is 4.74 Å². The highest BCUT2D eigenvalue weighted by Crippen LogP contribution is 2.20. The Kier molecular flexibility index (Phi) is 6.94. The maximum absolute atomic E-state index is 11.7. The molecule has 0 bridgehead atoms.